The monoisotopic (exact) mass is 376 g/mol. The van der Waals surface area contributed by atoms with E-state index in [9.17, 15) is 9.90 Å². The fraction of sp³-hybridized carbons (Fsp3) is 0.682. The maximum atomic E-state index is 12.5. The number of ether oxygens (including phenoxy) is 1. The minimum absolute atomic E-state index is 0.0405. The van der Waals surface area contributed by atoms with Crippen molar-refractivity contribution in [1.29, 1.82) is 0 Å². The van der Waals surface area contributed by atoms with Crippen molar-refractivity contribution >= 4 is 5.91 Å². The van der Waals surface area contributed by atoms with Gasteiger partial charge in [-0.25, -0.2) is 0 Å². The second kappa shape index (κ2) is 12.9. The van der Waals surface area contributed by atoms with Crippen molar-refractivity contribution in [3.8, 4) is 0 Å². The summed E-state index contributed by atoms with van der Waals surface area (Å²) in [5.74, 6) is 0.0405. The molecule has 0 aromatic heterocycles. The first-order chi connectivity index (χ1) is 13.2. The van der Waals surface area contributed by atoms with Crippen LogP contribution in [0.2, 0.25) is 0 Å². The molecule has 2 N–H and O–H groups in total. The Bertz CT molecular complexity index is 518. The van der Waals surface area contributed by atoms with Gasteiger partial charge in [-0.1, -0.05) is 69.4 Å². The highest BCUT2D eigenvalue weighted by molar-refractivity contribution is 5.76. The molecule has 1 aromatic carbocycles. The number of morpholine rings is 1. The molecule has 27 heavy (non-hydrogen) atoms. The third-order valence-electron chi connectivity index (χ3n) is 5.18. The third kappa shape index (κ3) is 8.41. The first kappa shape index (κ1) is 21.9. The summed E-state index contributed by atoms with van der Waals surface area (Å²) >= 11 is 0. The fourth-order valence-electron chi connectivity index (χ4n) is 3.51. The van der Waals surface area contributed by atoms with Crippen molar-refractivity contribution in [3.05, 3.63) is 35.9 Å². The van der Waals surface area contributed by atoms with Crippen molar-refractivity contribution in [2.24, 2.45) is 0 Å². The zero-order chi connectivity index (χ0) is 19.3. The van der Waals surface area contributed by atoms with Crippen LogP contribution in [0.5, 0.6) is 0 Å². The van der Waals surface area contributed by atoms with Gasteiger partial charge in [0.25, 0.3) is 0 Å². The van der Waals surface area contributed by atoms with E-state index in [0.717, 1.165) is 31.5 Å². The summed E-state index contributed by atoms with van der Waals surface area (Å²) < 4.78 is 5.41. The molecule has 5 heteroatoms. The molecule has 1 fully saturated rings. The predicted octanol–water partition coefficient (Wildman–Crippen LogP) is 3.29. The number of nitrogens with one attached hydrogen (secondary N) is 1. The second-order valence-electron chi connectivity index (χ2n) is 7.46. The molecule has 1 aliphatic heterocycles. The minimum atomic E-state index is -0.706. The normalized spacial score (nSPS) is 17.4. The molecular weight excluding hydrogens is 340 g/mol. The third-order valence-corrected chi connectivity index (χ3v) is 5.18. The number of unbranched alkanes of at least 4 members (excludes halogenated alkanes) is 5. The summed E-state index contributed by atoms with van der Waals surface area (Å²) in [6.45, 7) is 5.94. The van der Waals surface area contributed by atoms with Gasteiger partial charge in [0, 0.05) is 26.1 Å². The van der Waals surface area contributed by atoms with Crippen LogP contribution < -0.4 is 5.32 Å². The van der Waals surface area contributed by atoms with Crippen LogP contribution in [-0.4, -0.2) is 54.8 Å². The molecule has 0 unspecified atom stereocenters. The van der Waals surface area contributed by atoms with Gasteiger partial charge in [-0.3, -0.25) is 9.69 Å². The Morgan fingerprint density at radius 1 is 1.11 bits per heavy atom. The molecule has 0 radical (unpaired) electrons. The van der Waals surface area contributed by atoms with Crippen molar-refractivity contribution in [2.75, 3.05) is 32.8 Å². The lowest BCUT2D eigenvalue weighted by Gasteiger charge is -2.33. The lowest BCUT2D eigenvalue weighted by Crippen LogP contribution is -2.49. The Morgan fingerprint density at radius 2 is 1.78 bits per heavy atom. The van der Waals surface area contributed by atoms with E-state index >= 15 is 0 Å². The van der Waals surface area contributed by atoms with E-state index in [2.05, 4.69) is 17.1 Å². The zero-order valence-corrected chi connectivity index (χ0v) is 16.7. The van der Waals surface area contributed by atoms with Crippen LogP contribution in [-0.2, 0) is 9.53 Å². The van der Waals surface area contributed by atoms with E-state index in [1.165, 1.54) is 25.7 Å². The first-order valence-corrected chi connectivity index (χ1v) is 10.5. The van der Waals surface area contributed by atoms with Crippen molar-refractivity contribution < 1.29 is 14.6 Å². The number of amides is 1. The number of aliphatic hydroxyl groups excluding tert-OH is 1. The molecule has 0 aliphatic carbocycles. The van der Waals surface area contributed by atoms with Crippen LogP contribution in [0.1, 0.15) is 63.5 Å². The zero-order valence-electron chi connectivity index (χ0n) is 16.7. The molecule has 0 bridgehead atoms. The highest BCUT2D eigenvalue weighted by Gasteiger charge is 2.26. The van der Waals surface area contributed by atoms with Gasteiger partial charge in [-0.2, -0.15) is 0 Å². The van der Waals surface area contributed by atoms with Gasteiger partial charge < -0.3 is 15.2 Å². The minimum Gasteiger partial charge on any atom is -0.386 e. The second-order valence-corrected chi connectivity index (χ2v) is 7.46. The maximum Gasteiger partial charge on any atom is 0.220 e. The van der Waals surface area contributed by atoms with Gasteiger partial charge in [0.15, 0.2) is 0 Å². The van der Waals surface area contributed by atoms with Crippen molar-refractivity contribution in [3.63, 3.8) is 0 Å². The summed E-state index contributed by atoms with van der Waals surface area (Å²) in [6, 6.07) is 9.29. The molecular formula is C22H36N2O3. The number of benzene rings is 1. The summed E-state index contributed by atoms with van der Waals surface area (Å²) in [7, 11) is 0. The molecule has 5 nitrogen and oxygen atoms in total. The lowest BCUT2D eigenvalue weighted by molar-refractivity contribution is -0.123. The lowest BCUT2D eigenvalue weighted by atomic mass is 10.0. The largest absolute Gasteiger partial charge is 0.386 e. The standard InChI is InChI=1S/C22H36N2O3/c1-2-3-4-5-6-10-13-21(25)23-20(18-24-14-16-27-17-15-24)22(26)19-11-8-7-9-12-19/h7-9,11-12,20,22,26H,2-6,10,13-18H2,1H3,(H,23,25)/t20-,22+/m0/s1. The Kier molecular flexibility index (Phi) is 10.4. The van der Waals surface area contributed by atoms with E-state index < -0.39 is 6.10 Å². The predicted molar refractivity (Wildman–Crippen MR) is 109 cm³/mol. The quantitative estimate of drug-likeness (QED) is 0.550. The topological polar surface area (TPSA) is 61.8 Å². The Hall–Kier alpha value is -1.43. The van der Waals surface area contributed by atoms with Crippen LogP contribution in [0.15, 0.2) is 30.3 Å². The molecule has 1 amide bonds. The Labute approximate surface area is 164 Å². The van der Waals surface area contributed by atoms with Gasteiger partial charge in [0.05, 0.1) is 19.3 Å². The number of rotatable bonds is 12. The van der Waals surface area contributed by atoms with Crippen LogP contribution >= 0.6 is 0 Å². The Morgan fingerprint density at radius 3 is 2.48 bits per heavy atom. The van der Waals surface area contributed by atoms with Crippen LogP contribution in [0.3, 0.4) is 0 Å². The van der Waals surface area contributed by atoms with Crippen LogP contribution in [0, 0.1) is 0 Å². The SMILES string of the molecule is CCCCCCCCC(=O)N[C@@H](CN1CCOCC1)[C@H](O)c1ccccc1. The summed E-state index contributed by atoms with van der Waals surface area (Å²) in [5.41, 5.74) is 0.843. The number of carbonyl (C=O) groups is 1. The fourth-order valence-corrected chi connectivity index (χ4v) is 3.51. The van der Waals surface area contributed by atoms with Gasteiger partial charge in [-0.15, -0.1) is 0 Å². The van der Waals surface area contributed by atoms with Gasteiger partial charge in [0.1, 0.15) is 6.10 Å². The van der Waals surface area contributed by atoms with E-state index in [1.807, 2.05) is 30.3 Å². The summed E-state index contributed by atoms with van der Waals surface area (Å²) in [5, 5.41) is 13.9. The van der Waals surface area contributed by atoms with Crippen LogP contribution in [0.4, 0.5) is 0 Å². The first-order valence-electron chi connectivity index (χ1n) is 10.5. The van der Waals surface area contributed by atoms with Crippen LogP contribution in [0.25, 0.3) is 0 Å². The average molecular weight is 377 g/mol. The van der Waals surface area contributed by atoms with E-state index in [-0.39, 0.29) is 11.9 Å². The molecule has 152 valence electrons. The summed E-state index contributed by atoms with van der Waals surface area (Å²) in [6.07, 6.45) is 6.81. The smallest absolute Gasteiger partial charge is 0.220 e. The molecule has 2 atom stereocenters. The maximum absolute atomic E-state index is 12.5. The van der Waals surface area contributed by atoms with E-state index in [0.29, 0.717) is 26.2 Å². The van der Waals surface area contributed by atoms with E-state index in [4.69, 9.17) is 4.74 Å². The Balaban J connectivity index is 1.85. The highest BCUT2D eigenvalue weighted by atomic mass is 16.5. The number of hydrogen-bond donors (Lipinski definition) is 2. The number of hydrogen-bond acceptors (Lipinski definition) is 4. The molecule has 1 heterocycles. The molecule has 1 saturated heterocycles. The van der Waals surface area contributed by atoms with Crippen molar-refractivity contribution in [2.45, 2.75) is 64.0 Å². The van der Waals surface area contributed by atoms with E-state index in [1.54, 1.807) is 0 Å². The van der Waals surface area contributed by atoms with Gasteiger partial charge >= 0.3 is 0 Å². The summed E-state index contributed by atoms with van der Waals surface area (Å²) in [4.78, 5) is 14.7. The van der Waals surface area contributed by atoms with Crippen molar-refractivity contribution in [1.82, 2.24) is 10.2 Å². The van der Waals surface area contributed by atoms with Gasteiger partial charge in [0.2, 0.25) is 5.91 Å². The average Bonchev–Trinajstić information content (AvgIpc) is 2.71. The highest BCUT2D eigenvalue weighted by Crippen LogP contribution is 2.18. The number of nitrogens with zero attached hydrogens (tertiary/aromatic N) is 1. The molecule has 1 aromatic rings. The number of carbonyl (C=O) groups excluding carboxylic acids is 1. The molecule has 0 spiro atoms. The number of aliphatic hydroxyl groups is 1. The molecule has 2 rings (SSSR count). The molecule has 0 saturated carbocycles. The molecule has 1 aliphatic rings. The van der Waals surface area contributed by atoms with Gasteiger partial charge in [-0.05, 0) is 12.0 Å².